The zero-order valence-electron chi connectivity index (χ0n) is 21.0. The van der Waals surface area contributed by atoms with Gasteiger partial charge >= 0.3 is 30.3 Å². The third-order valence-corrected chi connectivity index (χ3v) is 5.20. The van der Waals surface area contributed by atoms with E-state index < -0.39 is 17.9 Å². The van der Waals surface area contributed by atoms with Crippen molar-refractivity contribution in [2.75, 3.05) is 0 Å². The van der Waals surface area contributed by atoms with Crippen LogP contribution in [0, 0.1) is 17.8 Å². The summed E-state index contributed by atoms with van der Waals surface area (Å²) in [7, 11) is 4.73. The van der Waals surface area contributed by atoms with Crippen LogP contribution < -0.4 is 15.3 Å². The van der Waals surface area contributed by atoms with E-state index in [-0.39, 0.29) is 17.8 Å². The van der Waals surface area contributed by atoms with Gasteiger partial charge in [0.2, 0.25) is 0 Å². The van der Waals surface area contributed by atoms with Crippen LogP contribution in [0.3, 0.4) is 0 Å². The summed E-state index contributed by atoms with van der Waals surface area (Å²) >= 11 is 1.02. The topological polar surface area (TPSA) is 120 Å². The molecule has 0 amide bonds. The molecule has 0 heterocycles. The van der Waals surface area contributed by atoms with E-state index in [2.05, 4.69) is 20.8 Å². The molecule has 0 aromatic rings. The van der Waals surface area contributed by atoms with Crippen LogP contribution in [0.25, 0.3) is 0 Å². The predicted octanol–water partition coefficient (Wildman–Crippen LogP) is 3.17. The van der Waals surface area contributed by atoms with Gasteiger partial charge in [-0.3, -0.25) is 0 Å². The summed E-state index contributed by atoms with van der Waals surface area (Å²) in [4.78, 5) is 31.0. The van der Waals surface area contributed by atoms with Crippen molar-refractivity contribution in [1.29, 1.82) is 0 Å². The number of carboxylic acid groups (broad SMARTS) is 3. The van der Waals surface area contributed by atoms with Crippen molar-refractivity contribution in [3.8, 4) is 0 Å². The molecule has 6 nitrogen and oxygen atoms in total. The molecule has 0 aromatic heterocycles. The van der Waals surface area contributed by atoms with Crippen LogP contribution in [-0.4, -0.2) is 39.3 Å². The Morgan fingerprint density at radius 2 is 0.750 bits per heavy atom. The molecule has 0 saturated heterocycles. The molecule has 0 radical (unpaired) electrons. The Bertz CT molecular complexity index is 373. The Morgan fingerprint density at radius 1 is 0.562 bits per heavy atom. The van der Waals surface area contributed by atoms with E-state index in [1.54, 1.807) is 0 Å². The molecule has 0 N–H and O–H groups in total. The van der Waals surface area contributed by atoms with Gasteiger partial charge in [-0.15, -0.1) is 0 Å². The summed E-state index contributed by atoms with van der Waals surface area (Å²) < 4.78 is 0. The summed E-state index contributed by atoms with van der Waals surface area (Å²) in [6.45, 7) is 11.8. The van der Waals surface area contributed by atoms with Gasteiger partial charge in [0.15, 0.2) is 0 Å². The van der Waals surface area contributed by atoms with Gasteiger partial charge in [-0.1, -0.05) is 80.1 Å². The van der Waals surface area contributed by atoms with E-state index in [0.29, 0.717) is 19.3 Å². The number of aliphatic carboxylic acids is 3. The van der Waals surface area contributed by atoms with Crippen molar-refractivity contribution in [2.24, 2.45) is 17.8 Å². The third-order valence-electron chi connectivity index (χ3n) is 5.20. The molecule has 0 saturated carbocycles. The van der Waals surface area contributed by atoms with Gasteiger partial charge in [0.1, 0.15) is 0 Å². The van der Waals surface area contributed by atoms with E-state index >= 15 is 0 Å². The number of hydrogen-bond donors (Lipinski definition) is 0. The van der Waals surface area contributed by atoms with Gasteiger partial charge in [-0.25, -0.2) is 0 Å². The summed E-state index contributed by atoms with van der Waals surface area (Å²) in [5, 5.41) is 31.0. The second-order valence-electron chi connectivity index (χ2n) is 7.70. The average Bonchev–Trinajstić information content (AvgIpc) is 2.77. The molecule has 0 aliphatic carbocycles. The first-order valence-electron chi connectivity index (χ1n) is 12.0. The third kappa shape index (κ3) is 27.5. The first kappa shape index (κ1) is 38.7. The van der Waals surface area contributed by atoms with Crippen molar-refractivity contribution < 1.29 is 29.7 Å². The van der Waals surface area contributed by atoms with Crippen LogP contribution in [0.15, 0.2) is 0 Å². The fraction of sp³-hybridized carbons (Fsp3) is 0.875. The number of carboxylic acids is 3. The van der Waals surface area contributed by atoms with Gasteiger partial charge in [-0.05, 0) is 56.3 Å². The predicted molar refractivity (Wildman–Crippen MR) is 127 cm³/mol. The molecule has 0 aromatic carbocycles. The molecule has 3 atom stereocenters. The SMILES string of the molecule is CCCCC(CC)C(=O)[O-].CCCCC(CC)C(=O)[O-].CCCCC(CC)C(=O)[O-].[Cl][Sn+3]. The van der Waals surface area contributed by atoms with Crippen molar-refractivity contribution in [2.45, 2.75) is 119 Å². The van der Waals surface area contributed by atoms with Crippen LogP contribution in [-0.2, 0) is 14.4 Å². The number of rotatable bonds is 15. The zero-order valence-corrected chi connectivity index (χ0v) is 24.7. The molecule has 0 aliphatic heterocycles. The molecule has 0 spiro atoms. The molecular formula is C24H45ClO6Sn. The van der Waals surface area contributed by atoms with E-state index in [4.69, 9.17) is 8.92 Å². The second kappa shape index (κ2) is 30.5. The number of carbonyl (C=O) groups excluding carboxylic acids is 3. The van der Waals surface area contributed by atoms with Crippen molar-refractivity contribution >= 4 is 48.2 Å². The molecule has 0 rings (SSSR count). The van der Waals surface area contributed by atoms with Crippen molar-refractivity contribution in [3.63, 3.8) is 0 Å². The quantitative estimate of drug-likeness (QED) is 0.273. The normalized spacial score (nSPS) is 12.4. The molecule has 0 fully saturated rings. The van der Waals surface area contributed by atoms with Gasteiger partial charge in [-0.2, -0.15) is 0 Å². The van der Waals surface area contributed by atoms with Crippen molar-refractivity contribution in [1.82, 2.24) is 0 Å². The molecule has 188 valence electrons. The molecule has 8 heteroatoms. The minimum absolute atomic E-state index is 0.222. The molecule has 3 unspecified atom stereocenters. The van der Waals surface area contributed by atoms with Gasteiger partial charge in [0.05, 0.1) is 0 Å². The fourth-order valence-corrected chi connectivity index (χ4v) is 2.82. The Labute approximate surface area is 213 Å². The van der Waals surface area contributed by atoms with Gasteiger partial charge < -0.3 is 29.7 Å². The Hall–Kier alpha value is -0.501. The van der Waals surface area contributed by atoms with Crippen LogP contribution in [0.4, 0.5) is 0 Å². The van der Waals surface area contributed by atoms with Crippen LogP contribution in [0.5, 0.6) is 0 Å². The molecule has 0 aliphatic rings. The van der Waals surface area contributed by atoms with Gasteiger partial charge in [0.25, 0.3) is 0 Å². The molecule has 0 bridgehead atoms. The monoisotopic (exact) mass is 584 g/mol. The van der Waals surface area contributed by atoms with E-state index in [0.717, 1.165) is 79.2 Å². The van der Waals surface area contributed by atoms with Crippen LogP contribution >= 0.6 is 8.92 Å². The van der Waals surface area contributed by atoms with Crippen LogP contribution in [0.2, 0.25) is 0 Å². The van der Waals surface area contributed by atoms with Gasteiger partial charge in [0, 0.05) is 17.9 Å². The Morgan fingerprint density at radius 3 is 0.844 bits per heavy atom. The number of hydrogen-bond acceptors (Lipinski definition) is 6. The van der Waals surface area contributed by atoms with E-state index in [1.165, 1.54) is 0 Å². The first-order chi connectivity index (χ1) is 15.2. The molecular weight excluding hydrogens is 538 g/mol. The minimum atomic E-state index is -0.893. The summed E-state index contributed by atoms with van der Waals surface area (Å²) in [6, 6.07) is 0. The first-order valence-corrected chi connectivity index (χ1v) is 15.6. The van der Waals surface area contributed by atoms with E-state index in [9.17, 15) is 29.7 Å². The van der Waals surface area contributed by atoms with Crippen molar-refractivity contribution in [3.05, 3.63) is 0 Å². The summed E-state index contributed by atoms with van der Waals surface area (Å²) in [5.74, 6) is -3.34. The van der Waals surface area contributed by atoms with Crippen LogP contribution in [0.1, 0.15) is 119 Å². The fourth-order valence-electron chi connectivity index (χ4n) is 2.82. The standard InChI is InChI=1S/3C8H16O2.ClH.Sn/c3*1-3-5-6-7(4-2)8(9)10;;/h3*7H,3-6H2,1-2H3,(H,9,10);1H;/q;;;;+4/p-4. The molecule has 32 heavy (non-hydrogen) atoms. The number of carbonyl (C=O) groups is 3. The maximum absolute atomic E-state index is 10.3. The number of unbranched alkanes of at least 4 members (excludes halogenated alkanes) is 3. The summed E-state index contributed by atoms with van der Waals surface area (Å²) in [5.41, 5.74) is 0. The summed E-state index contributed by atoms with van der Waals surface area (Å²) in [6.07, 6.45) is 10.6. The maximum atomic E-state index is 10.3. The average molecular weight is 584 g/mol. The second-order valence-corrected chi connectivity index (χ2v) is 7.70. The zero-order chi connectivity index (χ0) is 25.9. The van der Waals surface area contributed by atoms with E-state index in [1.807, 2.05) is 20.8 Å². The Balaban J connectivity index is -0.000000176. The Kier molecular flexibility index (Phi) is 36.9. The number of halogens is 1.